The minimum Gasteiger partial charge on any atom is -0.398 e. The van der Waals surface area contributed by atoms with Gasteiger partial charge < -0.3 is 11.1 Å². The van der Waals surface area contributed by atoms with Crippen molar-refractivity contribution in [1.29, 1.82) is 0 Å². The molecule has 0 amide bonds. The summed E-state index contributed by atoms with van der Waals surface area (Å²) in [7, 11) is 0. The molecule has 0 radical (unpaired) electrons. The van der Waals surface area contributed by atoms with E-state index in [4.69, 9.17) is 5.73 Å². The fraction of sp³-hybridized carbons (Fsp3) is 0.636. The summed E-state index contributed by atoms with van der Waals surface area (Å²) in [5, 5.41) is 6.50. The van der Waals surface area contributed by atoms with Gasteiger partial charge in [0.1, 0.15) is 0 Å². The molecule has 2 unspecified atom stereocenters. The third kappa shape index (κ3) is 2.68. The third-order valence-corrected chi connectivity index (χ3v) is 5.17. The zero-order chi connectivity index (χ0) is 10.7. The first-order valence-corrected chi connectivity index (χ1v) is 7.56. The molecule has 0 saturated heterocycles. The van der Waals surface area contributed by atoms with Crippen molar-refractivity contribution in [1.82, 2.24) is 5.32 Å². The van der Waals surface area contributed by atoms with Gasteiger partial charge in [0.15, 0.2) is 0 Å². The van der Waals surface area contributed by atoms with Crippen molar-refractivity contribution in [3.63, 3.8) is 0 Å². The number of nitrogen functional groups attached to an aromatic ring is 1. The normalized spacial score (nSPS) is 25.9. The molecule has 1 aliphatic rings. The number of nitrogens with two attached hydrogens (primary N) is 1. The zero-order valence-corrected chi connectivity index (χ0v) is 10.7. The molecule has 0 aromatic carbocycles. The van der Waals surface area contributed by atoms with Crippen molar-refractivity contribution in [2.24, 2.45) is 0 Å². The van der Waals surface area contributed by atoms with E-state index in [9.17, 15) is 0 Å². The Bertz CT molecular complexity index is 311. The average molecular weight is 242 g/mol. The number of hydrogen-bond donors (Lipinski definition) is 2. The Balaban J connectivity index is 1.85. The summed E-state index contributed by atoms with van der Waals surface area (Å²) in [5.74, 6) is 0. The lowest BCUT2D eigenvalue weighted by Gasteiger charge is -2.18. The first-order valence-electron chi connectivity index (χ1n) is 5.39. The van der Waals surface area contributed by atoms with Gasteiger partial charge in [0.2, 0.25) is 0 Å². The topological polar surface area (TPSA) is 38.0 Å². The van der Waals surface area contributed by atoms with Gasteiger partial charge >= 0.3 is 0 Å². The first kappa shape index (κ1) is 11.3. The lowest BCUT2D eigenvalue weighted by molar-refractivity contribution is 0.536. The number of thiophene rings is 1. The summed E-state index contributed by atoms with van der Waals surface area (Å²) in [6, 6.07) is 2.67. The predicted octanol–water partition coefficient (Wildman–Crippen LogP) is 2.70. The Morgan fingerprint density at radius 3 is 3.13 bits per heavy atom. The van der Waals surface area contributed by atoms with Gasteiger partial charge in [0.25, 0.3) is 0 Å². The Kier molecular flexibility index (Phi) is 3.94. The van der Waals surface area contributed by atoms with Crippen LogP contribution in [0.25, 0.3) is 0 Å². The average Bonchev–Trinajstić information content (AvgIpc) is 2.83. The molecule has 15 heavy (non-hydrogen) atoms. The van der Waals surface area contributed by atoms with Crippen molar-refractivity contribution in [3.05, 3.63) is 16.3 Å². The second kappa shape index (κ2) is 5.23. The summed E-state index contributed by atoms with van der Waals surface area (Å²) in [4.78, 5) is 1.28. The minimum absolute atomic E-state index is 0.682. The summed E-state index contributed by atoms with van der Waals surface area (Å²) >= 11 is 3.74. The van der Waals surface area contributed by atoms with E-state index in [1.165, 1.54) is 24.1 Å². The van der Waals surface area contributed by atoms with E-state index in [0.717, 1.165) is 17.5 Å². The smallest absolute Gasteiger partial charge is 0.0468 e. The van der Waals surface area contributed by atoms with E-state index in [1.807, 2.05) is 17.8 Å². The number of nitrogens with one attached hydrogen (secondary N) is 1. The van der Waals surface area contributed by atoms with Crippen molar-refractivity contribution in [2.45, 2.75) is 37.1 Å². The maximum atomic E-state index is 5.86. The third-order valence-electron chi connectivity index (χ3n) is 3.06. The zero-order valence-electron chi connectivity index (χ0n) is 9.03. The Hall–Kier alpha value is -0.190. The standard InChI is InChI=1S/C11H18N2S2/c1-14-10-4-2-3-9(10)13-7-11-8(12)5-6-15-11/h5-6,9-10,13H,2-4,7,12H2,1H3. The van der Waals surface area contributed by atoms with Crippen LogP contribution in [0.15, 0.2) is 11.4 Å². The molecule has 3 N–H and O–H groups in total. The lowest BCUT2D eigenvalue weighted by Crippen LogP contribution is -2.33. The van der Waals surface area contributed by atoms with Crippen molar-refractivity contribution in [2.75, 3.05) is 12.0 Å². The van der Waals surface area contributed by atoms with Crippen LogP contribution in [0.1, 0.15) is 24.1 Å². The van der Waals surface area contributed by atoms with E-state index in [-0.39, 0.29) is 0 Å². The van der Waals surface area contributed by atoms with E-state index < -0.39 is 0 Å². The van der Waals surface area contributed by atoms with Crippen LogP contribution in [0.4, 0.5) is 5.69 Å². The second-order valence-electron chi connectivity index (χ2n) is 3.99. The molecule has 1 fully saturated rings. The molecule has 4 heteroatoms. The first-order chi connectivity index (χ1) is 7.31. The minimum atomic E-state index is 0.682. The maximum Gasteiger partial charge on any atom is 0.0468 e. The number of thioether (sulfide) groups is 1. The number of hydrogen-bond acceptors (Lipinski definition) is 4. The molecule has 84 valence electrons. The molecule has 1 saturated carbocycles. The summed E-state index contributed by atoms with van der Waals surface area (Å²) in [6.07, 6.45) is 6.25. The van der Waals surface area contributed by atoms with Gasteiger partial charge in [-0.25, -0.2) is 0 Å². The van der Waals surface area contributed by atoms with E-state index >= 15 is 0 Å². The molecule has 0 spiro atoms. The van der Waals surface area contributed by atoms with Crippen LogP contribution in [0, 0.1) is 0 Å². The molecule has 0 aliphatic heterocycles. The van der Waals surface area contributed by atoms with Gasteiger partial charge in [-0.15, -0.1) is 11.3 Å². The van der Waals surface area contributed by atoms with Crippen LogP contribution in [0.5, 0.6) is 0 Å². The highest BCUT2D eigenvalue weighted by Crippen LogP contribution is 2.29. The Morgan fingerprint density at radius 1 is 1.60 bits per heavy atom. The molecule has 1 aromatic rings. The number of anilines is 1. The van der Waals surface area contributed by atoms with E-state index in [0.29, 0.717) is 6.04 Å². The molecule has 2 rings (SSSR count). The Morgan fingerprint density at radius 2 is 2.47 bits per heavy atom. The van der Waals surface area contributed by atoms with Gasteiger partial charge in [-0.3, -0.25) is 0 Å². The highest BCUT2D eigenvalue weighted by atomic mass is 32.2. The maximum absolute atomic E-state index is 5.86. The van der Waals surface area contributed by atoms with E-state index in [1.54, 1.807) is 11.3 Å². The lowest BCUT2D eigenvalue weighted by atomic mass is 10.2. The van der Waals surface area contributed by atoms with Gasteiger partial charge in [0, 0.05) is 28.4 Å². The van der Waals surface area contributed by atoms with Crippen LogP contribution < -0.4 is 11.1 Å². The fourth-order valence-corrected chi connectivity index (χ4v) is 3.87. The summed E-state index contributed by atoms with van der Waals surface area (Å²) in [6.45, 7) is 0.936. The van der Waals surface area contributed by atoms with Gasteiger partial charge in [-0.2, -0.15) is 11.8 Å². The summed E-state index contributed by atoms with van der Waals surface area (Å²) in [5.41, 5.74) is 6.79. The van der Waals surface area contributed by atoms with Crippen LogP contribution in [-0.2, 0) is 6.54 Å². The highest BCUT2D eigenvalue weighted by molar-refractivity contribution is 7.99. The second-order valence-corrected chi connectivity index (χ2v) is 6.07. The quantitative estimate of drug-likeness (QED) is 0.852. The fourth-order valence-electron chi connectivity index (χ4n) is 2.16. The van der Waals surface area contributed by atoms with Gasteiger partial charge in [0.05, 0.1) is 0 Å². The molecule has 1 aromatic heterocycles. The molecule has 2 atom stereocenters. The van der Waals surface area contributed by atoms with Crippen molar-refractivity contribution < 1.29 is 0 Å². The molecule has 0 bridgehead atoms. The van der Waals surface area contributed by atoms with Crippen molar-refractivity contribution >= 4 is 28.8 Å². The Labute approximate surface area is 99.6 Å². The predicted molar refractivity (Wildman–Crippen MR) is 70.5 cm³/mol. The van der Waals surface area contributed by atoms with Crippen molar-refractivity contribution in [3.8, 4) is 0 Å². The highest BCUT2D eigenvalue weighted by Gasteiger charge is 2.25. The van der Waals surface area contributed by atoms with Crippen LogP contribution in [-0.4, -0.2) is 17.5 Å². The van der Waals surface area contributed by atoms with Crippen LogP contribution >= 0.6 is 23.1 Å². The van der Waals surface area contributed by atoms with Gasteiger partial charge in [-0.1, -0.05) is 6.42 Å². The number of rotatable bonds is 4. The molecule has 2 nitrogen and oxygen atoms in total. The summed E-state index contributed by atoms with van der Waals surface area (Å²) < 4.78 is 0. The molecular weight excluding hydrogens is 224 g/mol. The SMILES string of the molecule is CSC1CCCC1NCc1sccc1N. The molecule has 1 aliphatic carbocycles. The van der Waals surface area contributed by atoms with Crippen LogP contribution in [0.3, 0.4) is 0 Å². The van der Waals surface area contributed by atoms with E-state index in [2.05, 4.69) is 17.0 Å². The molecular formula is C11H18N2S2. The van der Waals surface area contributed by atoms with Gasteiger partial charge in [-0.05, 0) is 30.5 Å². The van der Waals surface area contributed by atoms with Crippen LogP contribution in [0.2, 0.25) is 0 Å². The molecule has 1 heterocycles. The monoisotopic (exact) mass is 242 g/mol. The largest absolute Gasteiger partial charge is 0.398 e.